The average molecular weight is 634 g/mol. The molecule has 1 heterocycles. The average Bonchev–Trinajstić information content (AvgIpc) is 3.36. The lowest BCUT2D eigenvalue weighted by Crippen LogP contribution is -2.44. The van der Waals surface area contributed by atoms with Gasteiger partial charge in [-0.3, -0.25) is 9.59 Å². The predicted octanol–water partition coefficient (Wildman–Crippen LogP) is 4.72. The molecule has 0 aliphatic rings. The Morgan fingerprint density at radius 2 is 1.73 bits per heavy atom. The van der Waals surface area contributed by atoms with Gasteiger partial charge in [0.05, 0.1) is 24.6 Å². The Balaban J connectivity index is 1.80. The molecular weight excluding hydrogens is 596 g/mol. The molecule has 2 aromatic carbocycles. The van der Waals surface area contributed by atoms with Gasteiger partial charge in [-0.1, -0.05) is 41.4 Å². The normalized spacial score (nSPS) is 11.5. The van der Waals surface area contributed by atoms with Crippen molar-refractivity contribution in [2.75, 3.05) is 38.7 Å². The third-order valence-electron chi connectivity index (χ3n) is 6.35. The van der Waals surface area contributed by atoms with Crippen LogP contribution < -0.4 is 5.32 Å². The number of nitrogens with zero attached hydrogens (tertiary/aromatic N) is 3. The maximum atomic E-state index is 13.6. The van der Waals surface area contributed by atoms with Crippen molar-refractivity contribution >= 4 is 43.5 Å². The molecule has 40 heavy (non-hydrogen) atoms. The van der Waals surface area contributed by atoms with Crippen LogP contribution in [0.1, 0.15) is 37.9 Å². The maximum absolute atomic E-state index is 13.6. The van der Waals surface area contributed by atoms with E-state index < -0.39 is 10.0 Å². The highest BCUT2D eigenvalue weighted by atomic mass is 79.9. The van der Waals surface area contributed by atoms with Crippen LogP contribution in [0.3, 0.4) is 0 Å². The van der Waals surface area contributed by atoms with Crippen molar-refractivity contribution in [3.8, 4) is 0 Å². The fourth-order valence-electron chi connectivity index (χ4n) is 4.16. The van der Waals surface area contributed by atoms with Crippen molar-refractivity contribution in [2.24, 2.45) is 0 Å². The van der Waals surface area contributed by atoms with Crippen molar-refractivity contribution in [2.45, 2.75) is 44.7 Å². The van der Waals surface area contributed by atoms with Crippen molar-refractivity contribution in [3.63, 3.8) is 0 Å². The number of carbonyl (C=O) groups is 2. The molecule has 2 amide bonds. The molecule has 11 heteroatoms. The Morgan fingerprint density at radius 3 is 2.35 bits per heavy atom. The second kappa shape index (κ2) is 15.1. The van der Waals surface area contributed by atoms with E-state index >= 15 is 0 Å². The third kappa shape index (κ3) is 9.02. The number of carbonyl (C=O) groups excluding carboxylic acids is 2. The van der Waals surface area contributed by atoms with Gasteiger partial charge in [0, 0.05) is 55.7 Å². The SMILES string of the molecule is CCCCN(Cc1cccn1Cc1ccc(Br)cc1)C(=O)CN(CCOC)S(=O)(=O)c1ccc(NC(C)=O)cc1. The highest BCUT2D eigenvalue weighted by Crippen LogP contribution is 2.20. The number of sulfonamides is 1. The zero-order valence-corrected chi connectivity index (χ0v) is 25.6. The number of hydrogen-bond acceptors (Lipinski definition) is 5. The minimum atomic E-state index is -4.00. The molecule has 0 spiro atoms. The zero-order chi connectivity index (χ0) is 29.1. The molecule has 0 unspecified atom stereocenters. The van der Waals surface area contributed by atoms with Gasteiger partial charge in [-0.2, -0.15) is 4.31 Å². The summed E-state index contributed by atoms with van der Waals surface area (Å²) in [5.74, 6) is -0.530. The first-order valence-corrected chi connectivity index (χ1v) is 15.4. The van der Waals surface area contributed by atoms with E-state index in [0.717, 1.165) is 32.9 Å². The van der Waals surface area contributed by atoms with Gasteiger partial charge in [0.25, 0.3) is 0 Å². The third-order valence-corrected chi connectivity index (χ3v) is 8.73. The van der Waals surface area contributed by atoms with E-state index in [4.69, 9.17) is 4.74 Å². The smallest absolute Gasteiger partial charge is 0.243 e. The zero-order valence-electron chi connectivity index (χ0n) is 23.2. The molecule has 0 saturated carbocycles. The van der Waals surface area contributed by atoms with Crippen LogP contribution in [0.25, 0.3) is 0 Å². The van der Waals surface area contributed by atoms with Crippen molar-refractivity contribution < 1.29 is 22.7 Å². The van der Waals surface area contributed by atoms with Gasteiger partial charge in [0.1, 0.15) is 0 Å². The number of benzene rings is 2. The van der Waals surface area contributed by atoms with E-state index in [1.54, 1.807) is 4.90 Å². The Labute approximate surface area is 245 Å². The van der Waals surface area contributed by atoms with Gasteiger partial charge in [0.2, 0.25) is 21.8 Å². The summed E-state index contributed by atoms with van der Waals surface area (Å²) in [6.07, 6.45) is 3.68. The number of halogens is 1. The first-order valence-electron chi connectivity index (χ1n) is 13.2. The van der Waals surface area contributed by atoms with Gasteiger partial charge in [-0.05, 0) is 60.5 Å². The number of ether oxygens (including phenoxy) is 1. The predicted molar refractivity (Wildman–Crippen MR) is 159 cm³/mol. The molecule has 0 atom stereocenters. The molecular formula is C29H37BrN4O5S. The second-order valence-electron chi connectivity index (χ2n) is 9.46. The van der Waals surface area contributed by atoms with Crippen LogP contribution in [0.2, 0.25) is 0 Å². The number of unbranched alkanes of at least 4 members (excludes halogenated alkanes) is 1. The number of methoxy groups -OCH3 is 1. The fraction of sp³-hybridized carbons (Fsp3) is 0.379. The molecule has 0 radical (unpaired) electrons. The van der Waals surface area contributed by atoms with E-state index in [9.17, 15) is 18.0 Å². The van der Waals surface area contributed by atoms with Crippen LogP contribution >= 0.6 is 15.9 Å². The van der Waals surface area contributed by atoms with Crippen molar-refractivity contribution in [1.82, 2.24) is 13.8 Å². The van der Waals surface area contributed by atoms with E-state index in [0.29, 0.717) is 25.3 Å². The number of amides is 2. The van der Waals surface area contributed by atoms with E-state index in [2.05, 4.69) is 44.9 Å². The lowest BCUT2D eigenvalue weighted by atomic mass is 10.2. The fourth-order valence-corrected chi connectivity index (χ4v) is 5.80. The molecule has 1 aromatic heterocycles. The second-order valence-corrected chi connectivity index (χ2v) is 12.3. The molecule has 0 fully saturated rings. The molecule has 3 rings (SSSR count). The van der Waals surface area contributed by atoms with Crippen LogP contribution in [0.4, 0.5) is 5.69 Å². The standard InChI is InChI=1S/C29H37BrN4O5S/c1-4-5-16-33(21-27-7-6-17-32(27)20-24-8-10-25(30)11-9-24)29(36)22-34(18-19-39-3)40(37,38)28-14-12-26(13-15-28)31-23(2)35/h6-15,17H,4-5,16,18-22H2,1-3H3,(H,31,35). The monoisotopic (exact) mass is 632 g/mol. The molecule has 1 N–H and O–H groups in total. The summed E-state index contributed by atoms with van der Waals surface area (Å²) in [5, 5.41) is 2.62. The summed E-state index contributed by atoms with van der Waals surface area (Å²) < 4.78 is 36.5. The summed E-state index contributed by atoms with van der Waals surface area (Å²) in [6, 6.07) is 17.9. The van der Waals surface area contributed by atoms with Crippen molar-refractivity contribution in [3.05, 3.63) is 82.6 Å². The Morgan fingerprint density at radius 1 is 1.02 bits per heavy atom. The largest absolute Gasteiger partial charge is 0.383 e. The summed E-state index contributed by atoms with van der Waals surface area (Å²) >= 11 is 3.47. The Hall–Kier alpha value is -2.99. The van der Waals surface area contributed by atoms with Crippen LogP contribution in [0.5, 0.6) is 0 Å². The summed E-state index contributed by atoms with van der Waals surface area (Å²) in [6.45, 7) is 4.84. The number of nitrogens with one attached hydrogen (secondary N) is 1. The minimum Gasteiger partial charge on any atom is -0.383 e. The van der Waals surface area contributed by atoms with Crippen LogP contribution in [-0.2, 0) is 37.4 Å². The summed E-state index contributed by atoms with van der Waals surface area (Å²) in [7, 11) is -2.51. The highest BCUT2D eigenvalue weighted by Gasteiger charge is 2.28. The molecule has 3 aromatic rings. The molecule has 0 saturated heterocycles. The Bertz CT molecular complexity index is 1360. The lowest BCUT2D eigenvalue weighted by molar-refractivity contribution is -0.132. The van der Waals surface area contributed by atoms with Gasteiger partial charge >= 0.3 is 0 Å². The number of hydrogen-bond donors (Lipinski definition) is 1. The van der Waals surface area contributed by atoms with Crippen LogP contribution in [0.15, 0.2) is 76.2 Å². The first kappa shape index (κ1) is 31.5. The minimum absolute atomic E-state index is 0.0274. The maximum Gasteiger partial charge on any atom is 0.243 e. The molecule has 216 valence electrons. The quantitative estimate of drug-likeness (QED) is 0.261. The highest BCUT2D eigenvalue weighted by molar-refractivity contribution is 9.10. The summed E-state index contributed by atoms with van der Waals surface area (Å²) in [4.78, 5) is 26.7. The molecule has 0 aliphatic carbocycles. The summed E-state index contributed by atoms with van der Waals surface area (Å²) in [5.41, 5.74) is 2.59. The van der Waals surface area contributed by atoms with Gasteiger partial charge < -0.3 is 19.5 Å². The van der Waals surface area contributed by atoms with Gasteiger partial charge in [0.15, 0.2) is 0 Å². The number of aromatic nitrogens is 1. The lowest BCUT2D eigenvalue weighted by Gasteiger charge is -2.28. The molecule has 0 bridgehead atoms. The topological polar surface area (TPSA) is 101 Å². The number of anilines is 1. The first-order chi connectivity index (χ1) is 19.1. The molecule has 0 aliphatic heterocycles. The Kier molecular flexibility index (Phi) is 11.9. The molecule has 9 nitrogen and oxygen atoms in total. The van der Waals surface area contributed by atoms with E-state index in [-0.39, 0.29) is 36.4 Å². The number of rotatable bonds is 15. The van der Waals surface area contributed by atoms with Gasteiger partial charge in [-0.15, -0.1) is 0 Å². The van der Waals surface area contributed by atoms with Crippen molar-refractivity contribution in [1.29, 1.82) is 0 Å². The van der Waals surface area contributed by atoms with Crippen LogP contribution in [0, 0.1) is 0 Å². The van der Waals surface area contributed by atoms with E-state index in [1.165, 1.54) is 38.3 Å². The van der Waals surface area contributed by atoms with Crippen LogP contribution in [-0.4, -0.2) is 67.4 Å². The van der Waals surface area contributed by atoms with Gasteiger partial charge in [-0.25, -0.2) is 8.42 Å². The van der Waals surface area contributed by atoms with E-state index in [1.807, 2.05) is 30.5 Å².